The lowest BCUT2D eigenvalue weighted by molar-refractivity contribution is -0.123. The van der Waals surface area contributed by atoms with Crippen LogP contribution in [0.1, 0.15) is 56.6 Å². The van der Waals surface area contributed by atoms with Crippen LogP contribution in [0.25, 0.3) is 0 Å². The van der Waals surface area contributed by atoms with Crippen LogP contribution in [0, 0.1) is 6.92 Å². The van der Waals surface area contributed by atoms with Crippen molar-refractivity contribution in [1.82, 2.24) is 5.43 Å². The average molecular weight is 316 g/mol. The maximum absolute atomic E-state index is 11.9. The lowest BCUT2D eigenvalue weighted by atomic mass is 9.97. The molecule has 1 aliphatic carbocycles. The highest BCUT2D eigenvalue weighted by Gasteiger charge is 2.15. The SMILES string of the molecule is Cc1ccc(C(C)C)c(OCC(=O)N/N=C2\CCCC(=O)C2)c1. The largest absolute Gasteiger partial charge is 0.483 e. The number of benzene rings is 1. The average Bonchev–Trinajstić information content (AvgIpc) is 2.50. The van der Waals surface area contributed by atoms with Gasteiger partial charge >= 0.3 is 0 Å². The van der Waals surface area contributed by atoms with Crippen LogP contribution in [0.2, 0.25) is 0 Å². The molecule has 1 saturated carbocycles. The number of aryl methyl sites for hydroxylation is 1. The summed E-state index contributed by atoms with van der Waals surface area (Å²) in [6.07, 6.45) is 2.53. The minimum absolute atomic E-state index is 0.0894. The number of amides is 1. The van der Waals surface area contributed by atoms with E-state index in [1.165, 1.54) is 0 Å². The Bertz CT molecular complexity index is 621. The number of ether oxygens (including phenoxy) is 1. The fraction of sp³-hybridized carbons (Fsp3) is 0.500. The van der Waals surface area contributed by atoms with Gasteiger partial charge in [0.15, 0.2) is 6.61 Å². The summed E-state index contributed by atoms with van der Waals surface area (Å²) in [6, 6.07) is 6.00. The predicted octanol–water partition coefficient (Wildman–Crippen LogP) is 3.11. The highest BCUT2D eigenvalue weighted by atomic mass is 16.5. The zero-order chi connectivity index (χ0) is 16.8. The quantitative estimate of drug-likeness (QED) is 0.849. The molecule has 1 N–H and O–H groups in total. The smallest absolute Gasteiger partial charge is 0.277 e. The Labute approximate surface area is 137 Å². The number of carbonyl (C=O) groups excluding carboxylic acids is 2. The summed E-state index contributed by atoms with van der Waals surface area (Å²) in [4.78, 5) is 23.2. The van der Waals surface area contributed by atoms with Crippen molar-refractivity contribution in [3.05, 3.63) is 29.3 Å². The number of nitrogens with one attached hydrogen (secondary N) is 1. The number of hydrogen-bond donors (Lipinski definition) is 1. The van der Waals surface area contributed by atoms with E-state index < -0.39 is 0 Å². The maximum Gasteiger partial charge on any atom is 0.277 e. The number of carbonyl (C=O) groups is 2. The van der Waals surface area contributed by atoms with Crippen LogP contribution in [-0.2, 0) is 9.59 Å². The fourth-order valence-electron chi connectivity index (χ4n) is 2.55. The first kappa shape index (κ1) is 17.2. The van der Waals surface area contributed by atoms with Crippen molar-refractivity contribution in [3.8, 4) is 5.75 Å². The number of nitrogens with zero attached hydrogens (tertiary/aromatic N) is 1. The third kappa shape index (κ3) is 5.20. The third-order valence-corrected chi connectivity index (χ3v) is 3.81. The molecule has 5 heteroatoms. The van der Waals surface area contributed by atoms with E-state index in [4.69, 9.17) is 4.74 Å². The molecule has 0 atom stereocenters. The Hall–Kier alpha value is -2.17. The van der Waals surface area contributed by atoms with Crippen LogP contribution in [-0.4, -0.2) is 24.0 Å². The molecule has 23 heavy (non-hydrogen) atoms. The second kappa shape index (κ2) is 7.90. The van der Waals surface area contributed by atoms with Crippen molar-refractivity contribution in [3.63, 3.8) is 0 Å². The van der Waals surface area contributed by atoms with E-state index in [-0.39, 0.29) is 18.3 Å². The normalized spacial score (nSPS) is 16.7. The summed E-state index contributed by atoms with van der Waals surface area (Å²) in [5.74, 6) is 0.923. The summed E-state index contributed by atoms with van der Waals surface area (Å²) in [6.45, 7) is 6.07. The zero-order valence-corrected chi connectivity index (χ0v) is 14.0. The zero-order valence-electron chi connectivity index (χ0n) is 14.0. The summed E-state index contributed by atoms with van der Waals surface area (Å²) in [7, 11) is 0. The van der Waals surface area contributed by atoms with Crippen molar-refractivity contribution in [2.24, 2.45) is 5.10 Å². The Morgan fingerprint density at radius 2 is 2.13 bits per heavy atom. The molecule has 5 nitrogen and oxygen atoms in total. The van der Waals surface area contributed by atoms with Gasteiger partial charge in [0.05, 0.1) is 0 Å². The Balaban J connectivity index is 1.90. The topological polar surface area (TPSA) is 67.8 Å². The maximum atomic E-state index is 11.9. The van der Waals surface area contributed by atoms with Crippen LogP contribution in [0.15, 0.2) is 23.3 Å². The molecule has 1 fully saturated rings. The lowest BCUT2D eigenvalue weighted by Gasteiger charge is -2.15. The second-order valence-corrected chi connectivity index (χ2v) is 6.27. The van der Waals surface area contributed by atoms with Gasteiger partial charge in [-0.2, -0.15) is 5.10 Å². The van der Waals surface area contributed by atoms with Crippen molar-refractivity contribution in [2.75, 3.05) is 6.61 Å². The molecular formula is C18H24N2O3. The number of hydrazone groups is 1. The highest BCUT2D eigenvalue weighted by molar-refractivity contribution is 6.04. The first-order valence-corrected chi connectivity index (χ1v) is 8.05. The molecule has 2 rings (SSSR count). The van der Waals surface area contributed by atoms with E-state index in [2.05, 4.69) is 24.4 Å². The number of Topliss-reactive ketones (excluding diaryl/α,β-unsaturated/α-hetero) is 1. The van der Waals surface area contributed by atoms with Crippen LogP contribution in [0.4, 0.5) is 0 Å². The van der Waals surface area contributed by atoms with E-state index in [0.717, 1.165) is 35.4 Å². The van der Waals surface area contributed by atoms with Crippen molar-refractivity contribution < 1.29 is 14.3 Å². The minimum atomic E-state index is -0.313. The molecule has 124 valence electrons. The van der Waals surface area contributed by atoms with Crippen LogP contribution in [0.5, 0.6) is 5.75 Å². The van der Waals surface area contributed by atoms with Gasteiger partial charge in [-0.3, -0.25) is 9.59 Å². The van der Waals surface area contributed by atoms with Crippen LogP contribution < -0.4 is 10.2 Å². The summed E-state index contributed by atoms with van der Waals surface area (Å²) < 4.78 is 5.65. The van der Waals surface area contributed by atoms with Crippen molar-refractivity contribution in [2.45, 2.75) is 52.4 Å². The Kier molecular flexibility index (Phi) is 5.90. The van der Waals surface area contributed by atoms with E-state index in [9.17, 15) is 9.59 Å². The molecule has 1 aliphatic rings. The van der Waals surface area contributed by atoms with Gasteiger partial charge in [0.25, 0.3) is 5.91 Å². The molecule has 1 aromatic carbocycles. The summed E-state index contributed by atoms with van der Waals surface area (Å²) in [5.41, 5.74) is 5.39. The van der Waals surface area contributed by atoms with Crippen molar-refractivity contribution >= 4 is 17.4 Å². The predicted molar refractivity (Wildman–Crippen MR) is 89.8 cm³/mol. The van der Waals surface area contributed by atoms with Gasteiger partial charge in [0.2, 0.25) is 0 Å². The van der Waals surface area contributed by atoms with Crippen molar-refractivity contribution in [1.29, 1.82) is 0 Å². The third-order valence-electron chi connectivity index (χ3n) is 3.81. The first-order chi connectivity index (χ1) is 11.0. The molecule has 0 spiro atoms. The molecule has 1 aromatic rings. The Morgan fingerprint density at radius 3 is 2.83 bits per heavy atom. The molecular weight excluding hydrogens is 292 g/mol. The van der Waals surface area contributed by atoms with Gasteiger partial charge in [-0.05, 0) is 42.9 Å². The van der Waals surface area contributed by atoms with Gasteiger partial charge in [-0.25, -0.2) is 5.43 Å². The molecule has 0 bridgehead atoms. The van der Waals surface area contributed by atoms with E-state index in [1.807, 2.05) is 25.1 Å². The van der Waals surface area contributed by atoms with E-state index in [1.54, 1.807) is 0 Å². The second-order valence-electron chi connectivity index (χ2n) is 6.27. The summed E-state index contributed by atoms with van der Waals surface area (Å²) in [5, 5.41) is 4.04. The van der Waals surface area contributed by atoms with Crippen LogP contribution in [0.3, 0.4) is 0 Å². The van der Waals surface area contributed by atoms with Gasteiger partial charge in [0.1, 0.15) is 11.5 Å². The molecule has 0 unspecified atom stereocenters. The standard InChI is InChI=1S/C18H24N2O3/c1-12(2)16-8-7-13(3)9-17(16)23-11-18(22)20-19-14-5-4-6-15(21)10-14/h7-9,12H,4-6,10-11H2,1-3H3,(H,20,22)/b19-14+. The van der Waals surface area contributed by atoms with E-state index >= 15 is 0 Å². The molecule has 0 aromatic heterocycles. The first-order valence-electron chi connectivity index (χ1n) is 8.05. The minimum Gasteiger partial charge on any atom is -0.483 e. The molecule has 0 aliphatic heterocycles. The van der Waals surface area contributed by atoms with Gasteiger partial charge < -0.3 is 4.74 Å². The monoisotopic (exact) mass is 316 g/mol. The number of ketones is 1. The Morgan fingerprint density at radius 1 is 1.35 bits per heavy atom. The number of rotatable bonds is 5. The molecule has 1 amide bonds. The molecule has 0 saturated heterocycles. The molecule has 0 radical (unpaired) electrons. The highest BCUT2D eigenvalue weighted by Crippen LogP contribution is 2.27. The lowest BCUT2D eigenvalue weighted by Crippen LogP contribution is -2.27. The summed E-state index contributed by atoms with van der Waals surface area (Å²) >= 11 is 0. The van der Waals surface area contributed by atoms with Crippen LogP contribution >= 0.6 is 0 Å². The fourth-order valence-corrected chi connectivity index (χ4v) is 2.55. The van der Waals surface area contributed by atoms with Gasteiger partial charge in [-0.15, -0.1) is 0 Å². The van der Waals surface area contributed by atoms with Gasteiger partial charge in [-0.1, -0.05) is 26.0 Å². The van der Waals surface area contributed by atoms with Gasteiger partial charge in [0, 0.05) is 18.6 Å². The molecule has 0 heterocycles. The van der Waals surface area contributed by atoms with E-state index in [0.29, 0.717) is 18.8 Å². The number of hydrogen-bond acceptors (Lipinski definition) is 4.